The highest BCUT2D eigenvalue weighted by Crippen LogP contribution is 2.31. The maximum Gasteiger partial charge on any atom is 0.253 e. The number of hydrogen-bond donors (Lipinski definition) is 1. The first-order valence-electron chi connectivity index (χ1n) is 9.75. The Hall–Kier alpha value is -2.77. The van der Waals surface area contributed by atoms with Crippen LogP contribution in [0.5, 0.6) is 0 Å². The summed E-state index contributed by atoms with van der Waals surface area (Å²) < 4.78 is 25.0. The zero-order chi connectivity index (χ0) is 20.3. The summed E-state index contributed by atoms with van der Waals surface area (Å²) in [7, 11) is 0. The molecule has 2 aliphatic heterocycles. The van der Waals surface area contributed by atoms with Gasteiger partial charge < -0.3 is 19.7 Å². The van der Waals surface area contributed by atoms with Crippen molar-refractivity contribution in [3.05, 3.63) is 71.0 Å². The van der Waals surface area contributed by atoms with E-state index in [9.17, 15) is 14.0 Å². The third-order valence-electron chi connectivity index (χ3n) is 5.42. The average Bonchev–Trinajstić information content (AvgIpc) is 3.21. The van der Waals surface area contributed by atoms with Gasteiger partial charge >= 0.3 is 0 Å². The van der Waals surface area contributed by atoms with Crippen LogP contribution in [0.2, 0.25) is 0 Å². The Morgan fingerprint density at radius 1 is 0.966 bits per heavy atom. The van der Waals surface area contributed by atoms with Crippen LogP contribution in [0, 0.1) is 5.82 Å². The van der Waals surface area contributed by atoms with Crippen molar-refractivity contribution in [3.63, 3.8) is 0 Å². The number of carbonyl (C=O) groups excluding carboxylic acids is 2. The fourth-order valence-corrected chi connectivity index (χ4v) is 3.70. The monoisotopic (exact) mass is 398 g/mol. The van der Waals surface area contributed by atoms with Crippen LogP contribution in [0.25, 0.3) is 0 Å². The van der Waals surface area contributed by atoms with Gasteiger partial charge in [-0.25, -0.2) is 4.39 Å². The molecule has 0 aliphatic carbocycles. The molecule has 0 unspecified atom stereocenters. The maximum absolute atomic E-state index is 13.6. The predicted octanol–water partition coefficient (Wildman–Crippen LogP) is 2.73. The van der Waals surface area contributed by atoms with E-state index >= 15 is 0 Å². The minimum Gasteiger partial charge on any atom is -0.348 e. The lowest BCUT2D eigenvalue weighted by Crippen LogP contribution is -2.47. The number of hydrogen-bond acceptors (Lipinski definition) is 4. The summed E-state index contributed by atoms with van der Waals surface area (Å²) in [5.41, 5.74) is 1.37. The summed E-state index contributed by atoms with van der Waals surface area (Å²) in [6.45, 7) is 2.46. The lowest BCUT2D eigenvalue weighted by Gasteiger charge is -2.37. The lowest BCUT2D eigenvalue weighted by molar-refractivity contribution is -0.181. The molecule has 0 atom stereocenters. The number of likely N-dealkylation sites (tertiary alicyclic amines) is 1. The largest absolute Gasteiger partial charge is 0.348 e. The fraction of sp³-hybridized carbons (Fsp3) is 0.364. The van der Waals surface area contributed by atoms with Crippen LogP contribution >= 0.6 is 0 Å². The molecule has 2 heterocycles. The van der Waals surface area contributed by atoms with Gasteiger partial charge in [0.1, 0.15) is 5.82 Å². The zero-order valence-electron chi connectivity index (χ0n) is 16.0. The number of piperidine rings is 1. The third-order valence-corrected chi connectivity index (χ3v) is 5.42. The van der Waals surface area contributed by atoms with Crippen molar-refractivity contribution in [3.8, 4) is 0 Å². The number of rotatable bonds is 4. The predicted molar refractivity (Wildman–Crippen MR) is 104 cm³/mol. The lowest BCUT2D eigenvalue weighted by atomic mass is 10.0. The van der Waals surface area contributed by atoms with Crippen LogP contribution in [0.3, 0.4) is 0 Å². The molecule has 0 saturated carbocycles. The number of nitrogens with one attached hydrogen (secondary N) is 1. The van der Waals surface area contributed by atoms with Crippen molar-refractivity contribution in [2.75, 3.05) is 26.3 Å². The highest BCUT2D eigenvalue weighted by Gasteiger charge is 2.40. The highest BCUT2D eigenvalue weighted by molar-refractivity contribution is 5.97. The van der Waals surface area contributed by atoms with Gasteiger partial charge in [0, 0.05) is 49.2 Å². The molecule has 2 aromatic carbocycles. The number of halogens is 1. The summed E-state index contributed by atoms with van der Waals surface area (Å²) in [5.74, 6) is -1.26. The van der Waals surface area contributed by atoms with E-state index in [2.05, 4.69) is 5.32 Å². The number of ether oxygens (including phenoxy) is 2. The highest BCUT2D eigenvalue weighted by atomic mass is 19.1. The molecule has 2 aromatic rings. The summed E-state index contributed by atoms with van der Waals surface area (Å²) in [5, 5.41) is 2.69. The maximum atomic E-state index is 13.6. The van der Waals surface area contributed by atoms with E-state index in [0.29, 0.717) is 55.8 Å². The van der Waals surface area contributed by atoms with Crippen LogP contribution in [0.15, 0.2) is 48.5 Å². The molecule has 0 bridgehead atoms. The van der Waals surface area contributed by atoms with Crippen LogP contribution < -0.4 is 5.32 Å². The Bertz CT molecular complexity index is 884. The number of carbonyl (C=O) groups is 2. The molecule has 0 aromatic heterocycles. The van der Waals surface area contributed by atoms with Gasteiger partial charge in [-0.3, -0.25) is 9.59 Å². The van der Waals surface area contributed by atoms with E-state index in [1.165, 1.54) is 6.07 Å². The molecule has 1 spiro atoms. The molecule has 0 radical (unpaired) electrons. The van der Waals surface area contributed by atoms with Crippen molar-refractivity contribution < 1.29 is 23.5 Å². The molecule has 2 amide bonds. The van der Waals surface area contributed by atoms with E-state index in [0.717, 1.165) is 0 Å². The minimum absolute atomic E-state index is 0.0730. The zero-order valence-corrected chi connectivity index (χ0v) is 16.0. The van der Waals surface area contributed by atoms with Gasteiger partial charge in [0.2, 0.25) is 0 Å². The molecule has 7 heteroatoms. The fourth-order valence-electron chi connectivity index (χ4n) is 3.70. The number of nitrogens with zero attached hydrogens (tertiary/aromatic N) is 1. The molecule has 2 fully saturated rings. The van der Waals surface area contributed by atoms with Crippen molar-refractivity contribution >= 4 is 11.8 Å². The molecule has 152 valence electrons. The standard InChI is InChI=1S/C22H23FN2O4/c23-19-4-2-1-3-18(19)15-24-20(26)16-5-7-17(8-6-16)21(27)25-11-9-22(10-12-25)28-13-14-29-22/h1-8H,9-15H2,(H,24,26). The molecule has 29 heavy (non-hydrogen) atoms. The van der Waals surface area contributed by atoms with E-state index in [1.54, 1.807) is 47.4 Å². The molecule has 2 aliphatic rings. The SMILES string of the molecule is O=C(NCc1ccccc1F)c1ccc(C(=O)N2CCC3(CC2)OCCO3)cc1. The third kappa shape index (κ3) is 4.31. The van der Waals surface area contributed by atoms with E-state index in [4.69, 9.17) is 9.47 Å². The summed E-state index contributed by atoms with van der Waals surface area (Å²) in [6.07, 6.45) is 1.32. The van der Waals surface area contributed by atoms with Gasteiger partial charge in [-0.05, 0) is 30.3 Å². The van der Waals surface area contributed by atoms with Gasteiger partial charge in [0.15, 0.2) is 5.79 Å². The number of benzene rings is 2. The van der Waals surface area contributed by atoms with Crippen LogP contribution in [0.1, 0.15) is 39.1 Å². The second-order valence-corrected chi connectivity index (χ2v) is 7.25. The van der Waals surface area contributed by atoms with Crippen molar-refractivity contribution in [1.29, 1.82) is 0 Å². The first kappa shape index (κ1) is 19.5. The van der Waals surface area contributed by atoms with Gasteiger partial charge in [0.05, 0.1) is 13.2 Å². The normalized spacial score (nSPS) is 18.0. The van der Waals surface area contributed by atoms with Gasteiger partial charge in [-0.15, -0.1) is 0 Å². The van der Waals surface area contributed by atoms with Gasteiger partial charge in [-0.2, -0.15) is 0 Å². The molecule has 6 nitrogen and oxygen atoms in total. The average molecular weight is 398 g/mol. The van der Waals surface area contributed by atoms with Crippen molar-refractivity contribution in [2.24, 2.45) is 0 Å². The summed E-state index contributed by atoms with van der Waals surface area (Å²) >= 11 is 0. The van der Waals surface area contributed by atoms with Crippen molar-refractivity contribution in [2.45, 2.75) is 25.2 Å². The molecule has 4 rings (SSSR count). The molecular formula is C22H23FN2O4. The second-order valence-electron chi connectivity index (χ2n) is 7.25. The summed E-state index contributed by atoms with van der Waals surface area (Å²) in [6, 6.07) is 12.8. The summed E-state index contributed by atoms with van der Waals surface area (Å²) in [4.78, 5) is 26.8. The Morgan fingerprint density at radius 2 is 1.59 bits per heavy atom. The molecule has 1 N–H and O–H groups in total. The Balaban J connectivity index is 1.33. The van der Waals surface area contributed by atoms with E-state index < -0.39 is 5.79 Å². The van der Waals surface area contributed by atoms with E-state index in [-0.39, 0.29) is 24.2 Å². The van der Waals surface area contributed by atoms with Gasteiger partial charge in [-0.1, -0.05) is 18.2 Å². The Morgan fingerprint density at radius 3 is 2.24 bits per heavy atom. The number of amides is 2. The molecular weight excluding hydrogens is 375 g/mol. The molecule has 2 saturated heterocycles. The van der Waals surface area contributed by atoms with Gasteiger partial charge in [0.25, 0.3) is 11.8 Å². The first-order valence-corrected chi connectivity index (χ1v) is 9.75. The minimum atomic E-state index is -0.517. The van der Waals surface area contributed by atoms with Crippen molar-refractivity contribution in [1.82, 2.24) is 10.2 Å². The smallest absolute Gasteiger partial charge is 0.253 e. The van der Waals surface area contributed by atoms with Crippen LogP contribution in [-0.4, -0.2) is 48.8 Å². The van der Waals surface area contributed by atoms with E-state index in [1.807, 2.05) is 0 Å². The quantitative estimate of drug-likeness (QED) is 0.860. The van der Waals surface area contributed by atoms with Crippen LogP contribution in [0.4, 0.5) is 4.39 Å². The topological polar surface area (TPSA) is 67.9 Å². The second kappa shape index (κ2) is 8.31. The first-order chi connectivity index (χ1) is 14.1. The Labute approximate surface area is 168 Å². The Kier molecular flexibility index (Phi) is 5.60. The van der Waals surface area contributed by atoms with Crippen LogP contribution in [-0.2, 0) is 16.0 Å².